The second-order valence-electron chi connectivity index (χ2n) is 6.96. The first-order valence-corrected chi connectivity index (χ1v) is 9.56. The van der Waals surface area contributed by atoms with Crippen molar-refractivity contribution in [1.29, 1.82) is 0 Å². The molecule has 2 aromatic rings. The highest BCUT2D eigenvalue weighted by atomic mass is 16.5. The topological polar surface area (TPSA) is 72.7 Å². The molecule has 0 aliphatic carbocycles. The number of hydrogen-bond donors (Lipinski definition) is 2. The van der Waals surface area contributed by atoms with E-state index in [2.05, 4.69) is 47.6 Å². The number of aliphatic imine (C=N–C) groups is 1. The zero-order valence-corrected chi connectivity index (χ0v) is 18.1. The summed E-state index contributed by atoms with van der Waals surface area (Å²) in [6.07, 6.45) is 1.76. The fourth-order valence-corrected chi connectivity index (χ4v) is 3.26. The number of nitrogens with one attached hydrogen (secondary N) is 2. The van der Waals surface area contributed by atoms with Crippen LogP contribution >= 0.6 is 0 Å². The van der Waals surface area contributed by atoms with Crippen molar-refractivity contribution < 1.29 is 9.47 Å². The average molecular weight is 388 g/mol. The van der Waals surface area contributed by atoms with Gasteiger partial charge in [0, 0.05) is 32.4 Å². The van der Waals surface area contributed by atoms with Gasteiger partial charge in [0.1, 0.15) is 0 Å². The fraction of sp³-hybridized carbons (Fsp3) is 0.524. The van der Waals surface area contributed by atoms with Crippen LogP contribution in [0, 0.1) is 13.8 Å². The Hall–Kier alpha value is -2.70. The largest absolute Gasteiger partial charge is 0.493 e. The van der Waals surface area contributed by atoms with E-state index in [1.165, 1.54) is 16.8 Å². The van der Waals surface area contributed by atoms with Crippen LogP contribution in [0.4, 0.5) is 0 Å². The Labute approximate surface area is 168 Å². The minimum atomic E-state index is 0.244. The van der Waals surface area contributed by atoms with Crippen molar-refractivity contribution in [3.05, 3.63) is 40.7 Å². The molecule has 0 radical (unpaired) electrons. The molecule has 0 bridgehead atoms. The summed E-state index contributed by atoms with van der Waals surface area (Å²) in [5.74, 6) is 2.29. The minimum absolute atomic E-state index is 0.244. The highest BCUT2D eigenvalue weighted by Crippen LogP contribution is 2.27. The van der Waals surface area contributed by atoms with E-state index in [4.69, 9.17) is 9.47 Å². The molecule has 0 fully saturated rings. The first-order valence-electron chi connectivity index (χ1n) is 9.56. The molecular formula is C21H33N5O2. The maximum absolute atomic E-state index is 5.37. The number of rotatable bonds is 8. The van der Waals surface area contributed by atoms with Gasteiger partial charge in [-0.15, -0.1) is 0 Å². The lowest BCUT2D eigenvalue weighted by molar-refractivity contribution is 0.354. The van der Waals surface area contributed by atoms with Crippen molar-refractivity contribution in [3.8, 4) is 11.5 Å². The number of methoxy groups -OCH3 is 2. The Morgan fingerprint density at radius 1 is 1.21 bits per heavy atom. The van der Waals surface area contributed by atoms with Crippen molar-refractivity contribution in [2.75, 3.05) is 27.8 Å². The zero-order chi connectivity index (χ0) is 20.7. The molecule has 0 saturated carbocycles. The third kappa shape index (κ3) is 5.41. The van der Waals surface area contributed by atoms with Crippen LogP contribution in [0.3, 0.4) is 0 Å². The summed E-state index contributed by atoms with van der Waals surface area (Å²) < 4.78 is 12.6. The molecular weight excluding hydrogens is 354 g/mol. The lowest BCUT2D eigenvalue weighted by atomic mass is 10.1. The Morgan fingerprint density at radius 2 is 1.93 bits per heavy atom. The van der Waals surface area contributed by atoms with E-state index < -0.39 is 0 Å². The number of ether oxygens (including phenoxy) is 2. The smallest absolute Gasteiger partial charge is 0.191 e. The molecule has 28 heavy (non-hydrogen) atoms. The van der Waals surface area contributed by atoms with Gasteiger partial charge in [-0.05, 0) is 56.9 Å². The van der Waals surface area contributed by atoms with Gasteiger partial charge < -0.3 is 20.1 Å². The second-order valence-corrected chi connectivity index (χ2v) is 6.96. The molecule has 1 aromatic carbocycles. The normalized spacial score (nSPS) is 12.6. The Balaban J connectivity index is 1.87. The van der Waals surface area contributed by atoms with Crippen molar-refractivity contribution in [2.45, 2.75) is 39.7 Å². The lowest BCUT2D eigenvalue weighted by Gasteiger charge is -2.18. The predicted octanol–water partition coefficient (Wildman–Crippen LogP) is 2.39. The van der Waals surface area contributed by atoms with Gasteiger partial charge in [0.2, 0.25) is 0 Å². The van der Waals surface area contributed by atoms with Gasteiger partial charge in [-0.1, -0.05) is 6.07 Å². The van der Waals surface area contributed by atoms with Gasteiger partial charge in [0.25, 0.3) is 0 Å². The van der Waals surface area contributed by atoms with Crippen LogP contribution in [0.1, 0.15) is 29.4 Å². The Kier molecular flexibility index (Phi) is 7.72. The van der Waals surface area contributed by atoms with Crippen LogP contribution in [-0.4, -0.2) is 49.6 Å². The average Bonchev–Trinajstić information content (AvgIpc) is 2.92. The van der Waals surface area contributed by atoms with E-state index in [9.17, 15) is 0 Å². The second kappa shape index (κ2) is 10.0. The third-order valence-electron chi connectivity index (χ3n) is 4.93. The molecule has 0 aliphatic heterocycles. The molecule has 2 rings (SSSR count). The van der Waals surface area contributed by atoms with Crippen molar-refractivity contribution in [1.82, 2.24) is 20.4 Å². The van der Waals surface area contributed by atoms with E-state index in [-0.39, 0.29) is 6.04 Å². The highest BCUT2D eigenvalue weighted by molar-refractivity contribution is 5.79. The molecule has 7 heteroatoms. The number of benzene rings is 1. The van der Waals surface area contributed by atoms with Crippen LogP contribution < -0.4 is 20.1 Å². The van der Waals surface area contributed by atoms with Gasteiger partial charge in [-0.25, -0.2) is 0 Å². The van der Waals surface area contributed by atoms with E-state index in [0.717, 1.165) is 42.5 Å². The molecule has 0 spiro atoms. The monoisotopic (exact) mass is 387 g/mol. The molecule has 1 aromatic heterocycles. The van der Waals surface area contributed by atoms with Gasteiger partial charge in [-0.3, -0.25) is 9.67 Å². The van der Waals surface area contributed by atoms with E-state index in [1.54, 1.807) is 21.3 Å². The Morgan fingerprint density at radius 3 is 2.50 bits per heavy atom. The van der Waals surface area contributed by atoms with Crippen molar-refractivity contribution in [2.24, 2.45) is 12.0 Å². The van der Waals surface area contributed by atoms with Gasteiger partial charge in [0.15, 0.2) is 17.5 Å². The molecule has 1 unspecified atom stereocenters. The van der Waals surface area contributed by atoms with E-state index in [1.807, 2.05) is 23.9 Å². The summed E-state index contributed by atoms with van der Waals surface area (Å²) >= 11 is 0. The first kappa shape index (κ1) is 21.6. The SMILES string of the molecule is CN=C(NCCc1ccc(OC)c(OC)c1)NC(C)Cc1c(C)nn(C)c1C. The maximum Gasteiger partial charge on any atom is 0.191 e. The van der Waals surface area contributed by atoms with Gasteiger partial charge >= 0.3 is 0 Å². The molecule has 0 aliphatic rings. The lowest BCUT2D eigenvalue weighted by Crippen LogP contribution is -2.43. The zero-order valence-electron chi connectivity index (χ0n) is 18.1. The predicted molar refractivity (Wildman–Crippen MR) is 114 cm³/mol. The summed E-state index contributed by atoms with van der Waals surface area (Å²) in [4.78, 5) is 4.34. The Bertz CT molecular complexity index is 813. The highest BCUT2D eigenvalue weighted by Gasteiger charge is 2.14. The summed E-state index contributed by atoms with van der Waals surface area (Å²) in [5, 5.41) is 11.3. The first-order chi connectivity index (χ1) is 13.4. The van der Waals surface area contributed by atoms with Crippen LogP contribution in [0.25, 0.3) is 0 Å². The number of guanidine groups is 1. The molecule has 1 atom stereocenters. The maximum atomic E-state index is 5.37. The fourth-order valence-electron chi connectivity index (χ4n) is 3.26. The molecule has 0 saturated heterocycles. The molecule has 7 nitrogen and oxygen atoms in total. The van der Waals surface area contributed by atoms with Crippen molar-refractivity contribution in [3.63, 3.8) is 0 Å². The number of aromatic nitrogens is 2. The van der Waals surface area contributed by atoms with Crippen LogP contribution in [-0.2, 0) is 19.9 Å². The molecule has 2 N–H and O–H groups in total. The summed E-state index contributed by atoms with van der Waals surface area (Å²) in [6.45, 7) is 7.10. The number of nitrogens with zero attached hydrogens (tertiary/aromatic N) is 3. The summed E-state index contributed by atoms with van der Waals surface area (Å²) in [7, 11) is 7.07. The number of aryl methyl sites for hydroxylation is 2. The van der Waals surface area contributed by atoms with Crippen LogP contribution in [0.5, 0.6) is 11.5 Å². The van der Waals surface area contributed by atoms with Crippen molar-refractivity contribution >= 4 is 5.96 Å². The van der Waals surface area contributed by atoms with E-state index in [0.29, 0.717) is 0 Å². The molecule has 0 amide bonds. The van der Waals surface area contributed by atoms with Gasteiger partial charge in [-0.2, -0.15) is 5.10 Å². The molecule has 1 heterocycles. The minimum Gasteiger partial charge on any atom is -0.493 e. The van der Waals surface area contributed by atoms with Crippen LogP contribution in [0.2, 0.25) is 0 Å². The quantitative estimate of drug-likeness (QED) is 0.538. The van der Waals surface area contributed by atoms with Gasteiger partial charge in [0.05, 0.1) is 19.9 Å². The van der Waals surface area contributed by atoms with E-state index >= 15 is 0 Å². The standard InChI is InChI=1S/C21H33N5O2/c1-14(12-18-15(2)25-26(5)16(18)3)24-21(22-4)23-11-10-17-8-9-19(27-6)20(13-17)28-7/h8-9,13-14H,10-12H2,1-7H3,(H2,22,23,24). The number of hydrogen-bond acceptors (Lipinski definition) is 4. The summed E-state index contributed by atoms with van der Waals surface area (Å²) in [6, 6.07) is 6.24. The van der Waals surface area contributed by atoms with Crippen LogP contribution in [0.15, 0.2) is 23.2 Å². The summed E-state index contributed by atoms with van der Waals surface area (Å²) in [5.41, 5.74) is 4.77. The molecule has 154 valence electrons. The third-order valence-corrected chi connectivity index (χ3v) is 4.93.